The number of allylic oxidation sites excluding steroid dienone is 5. The van der Waals surface area contributed by atoms with Crippen LogP contribution in [0.2, 0.25) is 0 Å². The number of esters is 1. The monoisotopic (exact) mass is 376 g/mol. The molecule has 5 heteroatoms. The molecule has 146 valence electrons. The Morgan fingerprint density at radius 1 is 1.22 bits per heavy atom. The Morgan fingerprint density at radius 3 is 2.59 bits per heavy atom. The summed E-state index contributed by atoms with van der Waals surface area (Å²) in [4.78, 5) is 23.4. The molecular formula is C22H26F2O3. The van der Waals surface area contributed by atoms with E-state index in [-0.39, 0.29) is 29.3 Å². The van der Waals surface area contributed by atoms with Gasteiger partial charge in [0.25, 0.3) is 0 Å². The molecule has 3 nitrogen and oxygen atoms in total. The van der Waals surface area contributed by atoms with Gasteiger partial charge in [-0.3, -0.25) is 9.59 Å². The third-order valence-corrected chi connectivity index (χ3v) is 7.87. The van der Waals surface area contributed by atoms with Crippen LogP contribution in [0.15, 0.2) is 35.5 Å². The molecule has 0 heterocycles. The quantitative estimate of drug-likeness (QED) is 0.606. The van der Waals surface area contributed by atoms with Gasteiger partial charge in [0, 0.05) is 23.3 Å². The minimum Gasteiger partial charge on any atom is -0.462 e. The first-order valence-corrected chi connectivity index (χ1v) is 9.78. The molecular weight excluding hydrogens is 350 g/mol. The predicted molar refractivity (Wildman–Crippen MR) is 96.8 cm³/mol. The molecule has 0 N–H and O–H groups in total. The first-order chi connectivity index (χ1) is 12.6. The molecule has 3 fully saturated rings. The zero-order chi connectivity index (χ0) is 19.7. The highest BCUT2D eigenvalue weighted by Gasteiger charge is 2.61. The van der Waals surface area contributed by atoms with Gasteiger partial charge in [0.1, 0.15) is 6.10 Å². The van der Waals surface area contributed by atoms with Gasteiger partial charge in [0.15, 0.2) is 11.7 Å². The number of hydrogen-bond acceptors (Lipinski definition) is 3. The van der Waals surface area contributed by atoms with E-state index in [0.717, 1.165) is 25.7 Å². The maximum Gasteiger partial charge on any atom is 0.302 e. The van der Waals surface area contributed by atoms with Gasteiger partial charge >= 0.3 is 5.97 Å². The van der Waals surface area contributed by atoms with Crippen molar-refractivity contribution < 1.29 is 23.1 Å². The maximum atomic E-state index is 14.7. The Hall–Kier alpha value is -1.78. The lowest BCUT2D eigenvalue weighted by molar-refractivity contribution is -0.156. The molecule has 0 aliphatic heterocycles. The van der Waals surface area contributed by atoms with Crippen LogP contribution in [0.4, 0.5) is 8.78 Å². The van der Waals surface area contributed by atoms with E-state index < -0.39 is 22.9 Å². The number of Topliss-reactive ketones (excluding diaryl/α,β-unsaturated/α-hetero) is 1. The molecule has 0 radical (unpaired) electrons. The van der Waals surface area contributed by atoms with E-state index in [2.05, 4.69) is 13.5 Å². The number of fused-ring (bicyclic) bond motifs is 5. The minimum atomic E-state index is -1.15. The lowest BCUT2D eigenvalue weighted by atomic mass is 9.47. The largest absolute Gasteiger partial charge is 0.462 e. The van der Waals surface area contributed by atoms with Crippen molar-refractivity contribution in [2.45, 2.75) is 59.0 Å². The van der Waals surface area contributed by atoms with Gasteiger partial charge in [0.05, 0.1) is 0 Å². The summed E-state index contributed by atoms with van der Waals surface area (Å²) < 4.78 is 34.5. The standard InChI is InChI=1S/C22H26F2O3/c1-11-9-13-14-5-6-17(27-12(2)25)21(14,3)8-7-15(13)22(4)10-16(23)20(26)19(24)18(11)22/h10,13-15,17H,1,5-9H2,2-4H3/t13-,14-,15-,17-,21-,22+/m0/s1. The van der Waals surface area contributed by atoms with Crippen molar-refractivity contribution in [3.8, 4) is 0 Å². The molecule has 0 aromatic carbocycles. The third-order valence-electron chi connectivity index (χ3n) is 7.87. The van der Waals surface area contributed by atoms with Crippen LogP contribution < -0.4 is 0 Å². The van der Waals surface area contributed by atoms with Crippen molar-refractivity contribution in [1.29, 1.82) is 0 Å². The number of rotatable bonds is 1. The third kappa shape index (κ3) is 2.43. The Balaban J connectivity index is 1.74. The Bertz CT molecular complexity index is 810. The van der Waals surface area contributed by atoms with Gasteiger partial charge in [-0.15, -0.1) is 0 Å². The van der Waals surface area contributed by atoms with Crippen LogP contribution in [-0.2, 0) is 14.3 Å². The van der Waals surface area contributed by atoms with Crippen LogP contribution in [0, 0.1) is 28.6 Å². The first kappa shape index (κ1) is 18.6. The summed E-state index contributed by atoms with van der Waals surface area (Å²) in [5, 5.41) is 0. The summed E-state index contributed by atoms with van der Waals surface area (Å²) in [6.45, 7) is 9.54. The number of hydrogen-bond donors (Lipinski definition) is 0. The second-order valence-corrected chi connectivity index (χ2v) is 9.20. The molecule has 0 aromatic heterocycles. The summed E-state index contributed by atoms with van der Waals surface area (Å²) in [5.74, 6) is -2.80. The fraction of sp³-hybridized carbons (Fsp3) is 0.636. The Kier molecular flexibility index (Phi) is 4.03. The lowest BCUT2D eigenvalue weighted by Crippen LogP contribution is -2.51. The highest BCUT2D eigenvalue weighted by molar-refractivity contribution is 6.07. The molecule has 27 heavy (non-hydrogen) atoms. The van der Waals surface area contributed by atoms with Gasteiger partial charge in [-0.05, 0) is 61.5 Å². The first-order valence-electron chi connectivity index (χ1n) is 9.78. The zero-order valence-electron chi connectivity index (χ0n) is 16.1. The average Bonchev–Trinajstić information content (AvgIpc) is 2.89. The highest BCUT2D eigenvalue weighted by Crippen LogP contribution is 2.66. The van der Waals surface area contributed by atoms with Crippen LogP contribution >= 0.6 is 0 Å². The van der Waals surface area contributed by atoms with Gasteiger partial charge in [-0.25, -0.2) is 8.78 Å². The van der Waals surface area contributed by atoms with Crippen LogP contribution in [0.25, 0.3) is 0 Å². The smallest absolute Gasteiger partial charge is 0.302 e. The van der Waals surface area contributed by atoms with Gasteiger partial charge < -0.3 is 4.74 Å². The van der Waals surface area contributed by atoms with E-state index in [1.54, 1.807) is 0 Å². The molecule has 0 saturated heterocycles. The maximum absolute atomic E-state index is 14.7. The van der Waals surface area contributed by atoms with Crippen LogP contribution in [0.1, 0.15) is 52.9 Å². The molecule has 0 bridgehead atoms. The fourth-order valence-electron chi connectivity index (χ4n) is 6.73. The van der Waals surface area contributed by atoms with E-state index in [1.165, 1.54) is 13.0 Å². The van der Waals surface area contributed by atoms with Crippen LogP contribution in [-0.4, -0.2) is 17.9 Å². The van der Waals surface area contributed by atoms with Gasteiger partial charge in [0.2, 0.25) is 5.78 Å². The van der Waals surface area contributed by atoms with Crippen LogP contribution in [0.5, 0.6) is 0 Å². The van der Waals surface area contributed by atoms with Crippen molar-refractivity contribution in [2.24, 2.45) is 28.6 Å². The summed E-state index contributed by atoms with van der Waals surface area (Å²) >= 11 is 0. The summed E-state index contributed by atoms with van der Waals surface area (Å²) in [5.41, 5.74) is -0.0549. The van der Waals surface area contributed by atoms with Crippen LogP contribution in [0.3, 0.4) is 0 Å². The van der Waals surface area contributed by atoms with E-state index in [9.17, 15) is 18.4 Å². The van der Waals surface area contributed by atoms with Crippen molar-refractivity contribution in [1.82, 2.24) is 0 Å². The summed E-state index contributed by atoms with van der Waals surface area (Å²) in [6.07, 6.45) is 5.23. The molecule has 0 aromatic rings. The normalized spacial score (nSPS) is 43.7. The average molecular weight is 376 g/mol. The molecule has 3 saturated carbocycles. The van der Waals surface area contributed by atoms with Crippen molar-refractivity contribution in [3.05, 3.63) is 35.5 Å². The van der Waals surface area contributed by atoms with Crippen molar-refractivity contribution in [3.63, 3.8) is 0 Å². The second kappa shape index (κ2) is 5.86. The second-order valence-electron chi connectivity index (χ2n) is 9.20. The van der Waals surface area contributed by atoms with E-state index in [1.807, 2.05) is 6.92 Å². The fourth-order valence-corrected chi connectivity index (χ4v) is 6.73. The molecule has 0 spiro atoms. The van der Waals surface area contributed by atoms with Gasteiger partial charge in [-0.2, -0.15) is 0 Å². The molecule has 0 amide bonds. The Labute approximate surface area is 158 Å². The summed E-state index contributed by atoms with van der Waals surface area (Å²) in [7, 11) is 0. The number of carbonyl (C=O) groups excluding carboxylic acids is 2. The van der Waals surface area contributed by atoms with E-state index >= 15 is 0 Å². The number of ether oxygens (including phenoxy) is 1. The van der Waals surface area contributed by atoms with E-state index in [4.69, 9.17) is 4.74 Å². The number of carbonyl (C=O) groups is 2. The molecule has 0 unspecified atom stereocenters. The zero-order valence-corrected chi connectivity index (χ0v) is 16.1. The Morgan fingerprint density at radius 2 is 1.93 bits per heavy atom. The highest BCUT2D eigenvalue weighted by atomic mass is 19.1. The number of ketones is 1. The van der Waals surface area contributed by atoms with E-state index in [0.29, 0.717) is 23.5 Å². The molecule has 4 aliphatic carbocycles. The lowest BCUT2D eigenvalue weighted by Gasteiger charge is -2.57. The molecule has 6 atom stereocenters. The summed E-state index contributed by atoms with van der Waals surface area (Å²) in [6, 6.07) is 0. The number of halogens is 2. The molecule has 4 rings (SSSR count). The van der Waals surface area contributed by atoms with Gasteiger partial charge in [-0.1, -0.05) is 20.4 Å². The topological polar surface area (TPSA) is 43.4 Å². The SMILES string of the molecule is C=C1C[C@H]2[C@@H]3CC[C@H](OC(C)=O)[C@@]3(C)CC[C@@H]2[C@@]2(C)C=C(F)C(=O)C(F)=C12. The molecule has 4 aliphatic rings. The minimum absolute atomic E-state index is 0.0525. The van der Waals surface area contributed by atoms with Crippen molar-refractivity contribution in [2.75, 3.05) is 0 Å². The predicted octanol–water partition coefficient (Wildman–Crippen LogP) is 4.99. The van der Waals surface area contributed by atoms with Crippen molar-refractivity contribution >= 4 is 11.8 Å².